The summed E-state index contributed by atoms with van der Waals surface area (Å²) in [7, 11) is 0. The van der Waals surface area contributed by atoms with Crippen LogP contribution in [0.4, 0.5) is 0 Å². The molecule has 0 bridgehead atoms. The Morgan fingerprint density at radius 1 is 1.10 bits per heavy atom. The maximum atomic E-state index is 13.3. The molecule has 4 atom stereocenters. The number of likely N-dealkylation sites (tertiary alicyclic amines) is 1. The molecule has 4 rings (SSSR count). The summed E-state index contributed by atoms with van der Waals surface area (Å²) in [6.07, 6.45) is 5.37. The van der Waals surface area contributed by atoms with E-state index in [1.807, 2.05) is 30.5 Å². The molecule has 0 spiro atoms. The van der Waals surface area contributed by atoms with E-state index in [9.17, 15) is 29.1 Å². The topological polar surface area (TPSA) is 229 Å². The number of amides is 4. The van der Waals surface area contributed by atoms with Crippen LogP contribution in [-0.2, 0) is 36.8 Å². The van der Waals surface area contributed by atoms with E-state index >= 15 is 0 Å². The Balaban J connectivity index is 1.42. The van der Waals surface area contributed by atoms with Crippen LogP contribution in [0.1, 0.15) is 36.9 Å². The number of benzene rings is 1. The van der Waals surface area contributed by atoms with Crippen LogP contribution in [0.15, 0.2) is 43.0 Å². The number of aromatic amines is 2. The first-order valence-corrected chi connectivity index (χ1v) is 13.3. The van der Waals surface area contributed by atoms with Gasteiger partial charge >= 0.3 is 5.97 Å². The van der Waals surface area contributed by atoms with Crippen LogP contribution >= 0.6 is 0 Å². The van der Waals surface area contributed by atoms with Crippen LogP contribution in [0.25, 0.3) is 10.9 Å². The Kier molecular flexibility index (Phi) is 9.34. The Morgan fingerprint density at radius 2 is 1.88 bits per heavy atom. The first-order valence-electron chi connectivity index (χ1n) is 13.3. The second kappa shape index (κ2) is 13.1. The third kappa shape index (κ3) is 7.28. The van der Waals surface area contributed by atoms with Gasteiger partial charge in [-0.05, 0) is 37.3 Å². The van der Waals surface area contributed by atoms with Crippen molar-refractivity contribution in [3.05, 3.63) is 54.2 Å². The summed E-state index contributed by atoms with van der Waals surface area (Å²) in [5.41, 5.74) is 13.9. The van der Waals surface area contributed by atoms with Gasteiger partial charge in [0.2, 0.25) is 23.6 Å². The smallest absolute Gasteiger partial charge is 0.326 e. The zero-order valence-corrected chi connectivity index (χ0v) is 22.3. The van der Waals surface area contributed by atoms with E-state index in [4.69, 9.17) is 11.5 Å². The molecule has 14 heteroatoms. The van der Waals surface area contributed by atoms with Crippen molar-refractivity contribution < 1.29 is 29.1 Å². The zero-order valence-electron chi connectivity index (χ0n) is 22.3. The van der Waals surface area contributed by atoms with Gasteiger partial charge in [0.05, 0.1) is 12.4 Å². The number of H-pyrrole nitrogens is 2. The number of aliphatic carboxylic acids is 1. The third-order valence-corrected chi connectivity index (χ3v) is 7.18. The SMILES string of the molecule is NC(=O)CCC(NC(=O)C1CCCN1C(=O)C(N)Cc1c[nH]c2ccccc12)C(=O)NC(Cc1cnc[nH]1)C(=O)O. The fourth-order valence-corrected chi connectivity index (χ4v) is 5.05. The lowest BCUT2D eigenvalue weighted by Crippen LogP contribution is -2.57. The first kappa shape index (κ1) is 29.3. The highest BCUT2D eigenvalue weighted by Crippen LogP contribution is 2.22. The zero-order chi connectivity index (χ0) is 29.5. The number of nitrogens with zero attached hydrogens (tertiary/aromatic N) is 2. The molecule has 4 unspecified atom stereocenters. The van der Waals surface area contributed by atoms with Gasteiger partial charge in [0.25, 0.3) is 0 Å². The number of rotatable bonds is 13. The molecule has 14 nitrogen and oxygen atoms in total. The Morgan fingerprint density at radius 3 is 2.59 bits per heavy atom. The van der Waals surface area contributed by atoms with Crippen molar-refractivity contribution in [3.63, 3.8) is 0 Å². The van der Waals surface area contributed by atoms with E-state index in [0.717, 1.165) is 16.5 Å². The molecule has 3 heterocycles. The van der Waals surface area contributed by atoms with Crippen molar-refractivity contribution in [2.45, 2.75) is 62.7 Å². The van der Waals surface area contributed by atoms with Crippen LogP contribution in [0.3, 0.4) is 0 Å². The molecule has 1 aliphatic heterocycles. The number of para-hydroxylation sites is 1. The van der Waals surface area contributed by atoms with Crippen molar-refractivity contribution in [2.24, 2.45) is 11.5 Å². The van der Waals surface area contributed by atoms with Crippen LogP contribution in [0.5, 0.6) is 0 Å². The van der Waals surface area contributed by atoms with Gasteiger partial charge in [0.15, 0.2) is 0 Å². The van der Waals surface area contributed by atoms with E-state index in [-0.39, 0.29) is 25.7 Å². The van der Waals surface area contributed by atoms with E-state index < -0.39 is 53.8 Å². The average Bonchev–Trinajstić information content (AvgIpc) is 3.71. The highest BCUT2D eigenvalue weighted by atomic mass is 16.4. The number of fused-ring (bicyclic) bond motifs is 1. The highest BCUT2D eigenvalue weighted by molar-refractivity contribution is 5.95. The van der Waals surface area contributed by atoms with Gasteiger partial charge in [-0.2, -0.15) is 0 Å². The van der Waals surface area contributed by atoms with Gasteiger partial charge in [-0.15, -0.1) is 0 Å². The largest absolute Gasteiger partial charge is 0.480 e. The summed E-state index contributed by atoms with van der Waals surface area (Å²) < 4.78 is 0. The highest BCUT2D eigenvalue weighted by Gasteiger charge is 2.38. The van der Waals surface area contributed by atoms with Crippen molar-refractivity contribution in [1.29, 1.82) is 0 Å². The van der Waals surface area contributed by atoms with E-state index in [2.05, 4.69) is 25.6 Å². The second-order valence-corrected chi connectivity index (χ2v) is 10.1. The van der Waals surface area contributed by atoms with E-state index in [1.54, 1.807) is 0 Å². The number of carboxylic acids is 1. The Hall–Kier alpha value is -4.72. The molecular weight excluding hydrogens is 532 g/mol. The lowest BCUT2D eigenvalue weighted by molar-refractivity contribution is -0.143. The van der Waals surface area contributed by atoms with Gasteiger partial charge in [0.1, 0.15) is 18.1 Å². The van der Waals surface area contributed by atoms with Crippen molar-refractivity contribution >= 4 is 40.5 Å². The van der Waals surface area contributed by atoms with Gasteiger partial charge in [-0.25, -0.2) is 9.78 Å². The molecule has 9 N–H and O–H groups in total. The number of carbonyl (C=O) groups excluding carboxylic acids is 4. The van der Waals surface area contributed by atoms with Crippen LogP contribution in [-0.4, -0.2) is 85.3 Å². The van der Waals surface area contributed by atoms with Gasteiger partial charge in [-0.3, -0.25) is 19.2 Å². The van der Waals surface area contributed by atoms with Crippen LogP contribution < -0.4 is 22.1 Å². The molecule has 0 saturated carbocycles. The lowest BCUT2D eigenvalue weighted by Gasteiger charge is -2.28. The molecule has 0 aliphatic carbocycles. The number of imidazole rings is 1. The number of aromatic nitrogens is 3. The molecule has 2 aromatic heterocycles. The number of carboxylic acid groups (broad SMARTS) is 1. The van der Waals surface area contributed by atoms with E-state index in [0.29, 0.717) is 25.1 Å². The average molecular weight is 567 g/mol. The summed E-state index contributed by atoms with van der Waals surface area (Å²) in [6, 6.07) is 3.32. The van der Waals surface area contributed by atoms with Crippen LogP contribution in [0, 0.1) is 0 Å². The number of hydrogen-bond acceptors (Lipinski definition) is 7. The van der Waals surface area contributed by atoms with Gasteiger partial charge in [-0.1, -0.05) is 18.2 Å². The molecule has 1 fully saturated rings. The summed E-state index contributed by atoms with van der Waals surface area (Å²) in [4.78, 5) is 74.2. The number of carbonyl (C=O) groups is 5. The maximum Gasteiger partial charge on any atom is 0.326 e. The summed E-state index contributed by atoms with van der Waals surface area (Å²) >= 11 is 0. The monoisotopic (exact) mass is 566 g/mol. The molecule has 41 heavy (non-hydrogen) atoms. The predicted octanol–water partition coefficient (Wildman–Crippen LogP) is -0.686. The third-order valence-electron chi connectivity index (χ3n) is 7.18. The molecule has 218 valence electrons. The molecule has 1 aromatic carbocycles. The van der Waals surface area contributed by atoms with Crippen molar-refractivity contribution in [3.8, 4) is 0 Å². The number of primary amides is 1. The quantitative estimate of drug-likeness (QED) is 0.140. The molecule has 4 amide bonds. The normalized spacial score (nSPS) is 17.1. The minimum atomic E-state index is -1.32. The fourth-order valence-electron chi connectivity index (χ4n) is 5.05. The predicted molar refractivity (Wildman–Crippen MR) is 147 cm³/mol. The Bertz CT molecular complexity index is 1400. The minimum Gasteiger partial charge on any atom is -0.480 e. The minimum absolute atomic E-state index is 0.0726. The standard InChI is InChI=1S/C27H34N8O6/c28-18(10-15-12-31-19-5-2-1-4-17(15)19)26(39)35-9-3-6-22(35)25(38)33-20(7-8-23(29)36)24(37)34-21(27(40)41)11-16-13-30-14-32-16/h1-2,4-5,12-14,18,20-22,31H,3,6-11,28H2,(H2,29,36)(H,30,32)(H,33,38)(H,34,37)(H,40,41). The van der Waals surface area contributed by atoms with Crippen molar-refractivity contribution in [2.75, 3.05) is 6.54 Å². The molecular formula is C27H34N8O6. The summed E-state index contributed by atoms with van der Waals surface area (Å²) in [6.45, 7) is 0.321. The van der Waals surface area contributed by atoms with Crippen molar-refractivity contribution in [1.82, 2.24) is 30.5 Å². The number of nitrogens with one attached hydrogen (secondary N) is 4. The molecule has 3 aromatic rings. The van der Waals surface area contributed by atoms with Gasteiger partial charge < -0.3 is 42.1 Å². The van der Waals surface area contributed by atoms with Gasteiger partial charge in [0, 0.05) is 48.4 Å². The van der Waals surface area contributed by atoms with Crippen LogP contribution in [0.2, 0.25) is 0 Å². The molecule has 1 aliphatic rings. The molecule has 0 radical (unpaired) electrons. The number of nitrogens with two attached hydrogens (primary N) is 2. The maximum absolute atomic E-state index is 13.3. The number of hydrogen-bond donors (Lipinski definition) is 7. The molecule has 1 saturated heterocycles. The summed E-state index contributed by atoms with van der Waals surface area (Å²) in [5.74, 6) is -3.76. The summed E-state index contributed by atoms with van der Waals surface area (Å²) in [5, 5.41) is 15.6. The second-order valence-electron chi connectivity index (χ2n) is 10.1. The Labute approximate surface area is 235 Å². The van der Waals surface area contributed by atoms with E-state index in [1.165, 1.54) is 17.4 Å². The first-order chi connectivity index (χ1) is 19.6. The fraction of sp³-hybridized carbons (Fsp3) is 0.407. The lowest BCUT2D eigenvalue weighted by atomic mass is 10.0.